The van der Waals surface area contributed by atoms with Crippen LogP contribution in [-0.2, 0) is 9.59 Å². The van der Waals surface area contributed by atoms with Gasteiger partial charge in [-0.3, -0.25) is 14.5 Å². The van der Waals surface area contributed by atoms with Crippen LogP contribution in [0.3, 0.4) is 0 Å². The van der Waals surface area contributed by atoms with Gasteiger partial charge in [-0.2, -0.15) is 0 Å². The Morgan fingerprint density at radius 3 is 2.38 bits per heavy atom. The van der Waals surface area contributed by atoms with Crippen molar-refractivity contribution < 1.29 is 29.0 Å². The highest BCUT2D eigenvalue weighted by molar-refractivity contribution is 6.34. The molecule has 3 rings (SSSR count). The number of methoxy groups -OCH3 is 1. The number of rotatable bonds is 6. The number of para-hydroxylation sites is 1. The van der Waals surface area contributed by atoms with Gasteiger partial charge in [0.05, 0.1) is 25.7 Å². The van der Waals surface area contributed by atoms with Crippen molar-refractivity contribution in [2.24, 2.45) is 0 Å². The van der Waals surface area contributed by atoms with E-state index in [1.165, 1.54) is 7.11 Å². The van der Waals surface area contributed by atoms with Crippen molar-refractivity contribution in [3.8, 4) is 11.5 Å². The zero-order valence-corrected chi connectivity index (χ0v) is 16.3. The monoisotopic (exact) mass is 394 g/mol. The molecule has 7 heteroatoms. The van der Waals surface area contributed by atoms with E-state index in [4.69, 9.17) is 9.47 Å². The number of carbonyl (C=O) groups is 3. The first-order chi connectivity index (χ1) is 13.8. The van der Waals surface area contributed by atoms with Crippen LogP contribution in [-0.4, -0.2) is 42.4 Å². The van der Waals surface area contributed by atoms with Crippen molar-refractivity contribution in [2.45, 2.75) is 20.0 Å². The first-order valence-corrected chi connectivity index (χ1v) is 9.04. The van der Waals surface area contributed by atoms with E-state index >= 15 is 0 Å². The number of carboxylic acid groups (broad SMARTS) is 1. The molecule has 0 saturated heterocycles. The summed E-state index contributed by atoms with van der Waals surface area (Å²) in [5.74, 6) is -1.96. The van der Waals surface area contributed by atoms with E-state index in [1.54, 1.807) is 48.5 Å². The van der Waals surface area contributed by atoms with E-state index in [9.17, 15) is 19.5 Å². The normalized spacial score (nSPS) is 14.9. The summed E-state index contributed by atoms with van der Waals surface area (Å²) in [5.41, 5.74) is 1.42. The minimum atomic E-state index is -1.52. The molecule has 0 radical (unpaired) electrons. The third-order valence-corrected chi connectivity index (χ3v) is 4.34. The third-order valence-electron chi connectivity index (χ3n) is 4.34. The number of ether oxygens (including phenoxy) is 2. The van der Waals surface area contributed by atoms with Gasteiger partial charge in [0.25, 0.3) is 11.8 Å². The van der Waals surface area contributed by atoms with E-state index < -0.39 is 24.3 Å². The Bertz CT molecular complexity index is 1010. The molecule has 1 aliphatic heterocycles. The molecule has 2 aromatic rings. The van der Waals surface area contributed by atoms with Gasteiger partial charge in [-0.15, -0.1) is 0 Å². The minimum absolute atomic E-state index is 0.144. The maximum absolute atomic E-state index is 13.0. The lowest BCUT2D eigenvalue weighted by molar-refractivity contribution is -0.305. The molecule has 0 unspecified atom stereocenters. The van der Waals surface area contributed by atoms with Crippen LogP contribution in [0, 0.1) is 0 Å². The largest absolute Gasteiger partial charge is 0.548 e. The molecule has 0 saturated carbocycles. The van der Waals surface area contributed by atoms with E-state index in [0.717, 1.165) is 0 Å². The molecule has 150 valence electrons. The van der Waals surface area contributed by atoms with Gasteiger partial charge in [-0.1, -0.05) is 30.3 Å². The number of aliphatic carboxylic acids is 1. The Kier molecular flexibility index (Phi) is 5.68. The van der Waals surface area contributed by atoms with Crippen LogP contribution >= 0.6 is 0 Å². The second kappa shape index (κ2) is 8.18. The number of benzene rings is 2. The number of imide groups is 1. The summed E-state index contributed by atoms with van der Waals surface area (Å²) in [5, 5.41) is 11.1. The maximum Gasteiger partial charge on any atom is 0.261 e. The van der Waals surface area contributed by atoms with Crippen molar-refractivity contribution in [1.29, 1.82) is 0 Å². The second-order valence-electron chi connectivity index (χ2n) is 6.72. The molecule has 0 aromatic heterocycles. The van der Waals surface area contributed by atoms with Crippen LogP contribution in [0.4, 0.5) is 0 Å². The number of fused-ring (bicyclic) bond motifs is 1. The first kappa shape index (κ1) is 20.1. The lowest BCUT2D eigenvalue weighted by atomic mass is 9.92. The van der Waals surface area contributed by atoms with Crippen LogP contribution in [0.2, 0.25) is 0 Å². The molecule has 0 aliphatic carbocycles. The molecule has 0 bridgehead atoms. The highest BCUT2D eigenvalue weighted by Crippen LogP contribution is 2.36. The summed E-state index contributed by atoms with van der Waals surface area (Å²) in [6.07, 6.45) is 1.43. The van der Waals surface area contributed by atoms with E-state index in [1.807, 2.05) is 13.8 Å². The average Bonchev–Trinajstić information content (AvgIpc) is 2.69. The Morgan fingerprint density at radius 1 is 1.07 bits per heavy atom. The topological polar surface area (TPSA) is 96.0 Å². The van der Waals surface area contributed by atoms with Crippen molar-refractivity contribution in [2.75, 3.05) is 13.7 Å². The SMILES string of the molecule is COc1cccc(/C=C2\C(=O)N(CC(=O)[O-])C(=O)c3ccccc32)c1OC(C)C. The smallest absolute Gasteiger partial charge is 0.261 e. The van der Waals surface area contributed by atoms with Gasteiger partial charge in [-0.05, 0) is 37.6 Å². The zero-order chi connectivity index (χ0) is 21.1. The fraction of sp³-hybridized carbons (Fsp3) is 0.227. The Balaban J connectivity index is 2.20. The first-order valence-electron chi connectivity index (χ1n) is 9.04. The molecule has 0 N–H and O–H groups in total. The number of nitrogens with zero attached hydrogens (tertiary/aromatic N) is 1. The molecular weight excluding hydrogens is 374 g/mol. The molecule has 29 heavy (non-hydrogen) atoms. The molecule has 0 fully saturated rings. The fourth-order valence-corrected chi connectivity index (χ4v) is 3.14. The average molecular weight is 394 g/mol. The summed E-state index contributed by atoms with van der Waals surface area (Å²) >= 11 is 0. The van der Waals surface area contributed by atoms with Gasteiger partial charge in [0.15, 0.2) is 11.5 Å². The van der Waals surface area contributed by atoms with Gasteiger partial charge < -0.3 is 19.4 Å². The van der Waals surface area contributed by atoms with Gasteiger partial charge in [0.1, 0.15) is 0 Å². The number of hydrogen-bond acceptors (Lipinski definition) is 6. The van der Waals surface area contributed by atoms with E-state index in [-0.39, 0.29) is 17.2 Å². The number of carbonyl (C=O) groups excluding carboxylic acids is 3. The Morgan fingerprint density at radius 2 is 1.76 bits per heavy atom. The van der Waals surface area contributed by atoms with Crippen molar-refractivity contribution in [1.82, 2.24) is 4.90 Å². The van der Waals surface area contributed by atoms with Crippen molar-refractivity contribution in [3.05, 3.63) is 59.2 Å². The van der Waals surface area contributed by atoms with Crippen LogP contribution in [0.15, 0.2) is 42.5 Å². The number of carboxylic acids is 1. The Labute approximate surface area is 168 Å². The molecule has 7 nitrogen and oxygen atoms in total. The molecule has 1 heterocycles. The molecule has 0 spiro atoms. The van der Waals surface area contributed by atoms with Gasteiger partial charge in [-0.25, -0.2) is 0 Å². The maximum atomic E-state index is 13.0. The number of hydrogen-bond donors (Lipinski definition) is 0. The predicted molar refractivity (Wildman–Crippen MR) is 104 cm³/mol. The molecule has 2 amide bonds. The van der Waals surface area contributed by atoms with E-state index in [0.29, 0.717) is 27.5 Å². The lowest BCUT2D eigenvalue weighted by Crippen LogP contribution is -2.47. The summed E-state index contributed by atoms with van der Waals surface area (Å²) in [7, 11) is 1.51. The Hall–Kier alpha value is -3.61. The van der Waals surface area contributed by atoms with Gasteiger partial charge in [0, 0.05) is 16.7 Å². The van der Waals surface area contributed by atoms with Gasteiger partial charge in [0.2, 0.25) is 0 Å². The van der Waals surface area contributed by atoms with Crippen LogP contribution in [0.1, 0.15) is 35.3 Å². The summed E-state index contributed by atoms with van der Waals surface area (Å²) in [4.78, 5) is 37.4. The molecular formula is C22H20NO6-. The summed E-state index contributed by atoms with van der Waals surface area (Å²) in [6.45, 7) is 2.91. The molecule has 2 aromatic carbocycles. The van der Waals surface area contributed by atoms with Crippen LogP contribution in [0.25, 0.3) is 11.6 Å². The molecule has 1 aliphatic rings. The highest BCUT2D eigenvalue weighted by Gasteiger charge is 2.34. The van der Waals surface area contributed by atoms with Crippen LogP contribution in [0.5, 0.6) is 11.5 Å². The second-order valence-corrected chi connectivity index (χ2v) is 6.72. The highest BCUT2D eigenvalue weighted by atomic mass is 16.5. The van der Waals surface area contributed by atoms with Crippen molar-refractivity contribution >= 4 is 29.4 Å². The zero-order valence-electron chi connectivity index (χ0n) is 16.3. The number of amides is 2. The quantitative estimate of drug-likeness (QED) is 0.547. The fourth-order valence-electron chi connectivity index (χ4n) is 3.14. The summed E-state index contributed by atoms with van der Waals surface area (Å²) in [6, 6.07) is 11.8. The third kappa shape index (κ3) is 3.99. The minimum Gasteiger partial charge on any atom is -0.548 e. The van der Waals surface area contributed by atoms with Crippen molar-refractivity contribution in [3.63, 3.8) is 0 Å². The van der Waals surface area contributed by atoms with Crippen LogP contribution < -0.4 is 14.6 Å². The summed E-state index contributed by atoms with van der Waals surface area (Å²) < 4.78 is 11.3. The lowest BCUT2D eigenvalue weighted by Gasteiger charge is -2.29. The predicted octanol–water partition coefficient (Wildman–Crippen LogP) is 1.76. The van der Waals surface area contributed by atoms with Gasteiger partial charge >= 0.3 is 0 Å². The standard InChI is InChI=1S/C22H21NO6/c1-13(2)29-20-14(7-6-10-18(20)28-3)11-17-15-8-4-5-9-16(15)21(26)23(22(17)27)12-19(24)25/h4-11,13H,12H2,1-3H3,(H,24,25)/p-1/b17-11-. The molecule has 0 atom stereocenters. The van der Waals surface area contributed by atoms with E-state index in [2.05, 4.69) is 0 Å².